The summed E-state index contributed by atoms with van der Waals surface area (Å²) in [5.74, 6) is -0.497. The Bertz CT molecular complexity index is 485. The first-order valence-electron chi connectivity index (χ1n) is 6.29. The lowest BCUT2D eigenvalue weighted by molar-refractivity contribution is -0.121. The summed E-state index contributed by atoms with van der Waals surface area (Å²) in [6, 6.07) is 8.71. The SMILES string of the molecule is O=C(CC(=O)c1ccccc1)NCC1CCC(=O)N1. The van der Waals surface area contributed by atoms with Gasteiger partial charge in [-0.1, -0.05) is 30.3 Å². The summed E-state index contributed by atoms with van der Waals surface area (Å²) in [5, 5.41) is 5.43. The van der Waals surface area contributed by atoms with E-state index in [0.29, 0.717) is 18.5 Å². The average Bonchev–Trinajstić information content (AvgIpc) is 2.83. The van der Waals surface area contributed by atoms with Crippen molar-refractivity contribution < 1.29 is 14.4 Å². The van der Waals surface area contributed by atoms with Crippen molar-refractivity contribution in [2.24, 2.45) is 0 Å². The van der Waals surface area contributed by atoms with Gasteiger partial charge in [0.2, 0.25) is 11.8 Å². The second-order valence-electron chi connectivity index (χ2n) is 4.57. The second kappa shape index (κ2) is 6.13. The zero-order chi connectivity index (χ0) is 13.7. The summed E-state index contributed by atoms with van der Waals surface area (Å²) in [6.07, 6.45) is 1.07. The molecule has 19 heavy (non-hydrogen) atoms. The fraction of sp³-hybridized carbons (Fsp3) is 0.357. The molecule has 1 saturated heterocycles. The van der Waals surface area contributed by atoms with Gasteiger partial charge in [-0.15, -0.1) is 0 Å². The van der Waals surface area contributed by atoms with Crippen molar-refractivity contribution in [1.82, 2.24) is 10.6 Å². The Kier molecular flexibility index (Phi) is 4.28. The van der Waals surface area contributed by atoms with Gasteiger partial charge in [-0.3, -0.25) is 14.4 Å². The minimum atomic E-state index is -0.310. The Morgan fingerprint density at radius 3 is 2.63 bits per heavy atom. The van der Waals surface area contributed by atoms with Crippen molar-refractivity contribution in [3.05, 3.63) is 35.9 Å². The third-order valence-electron chi connectivity index (χ3n) is 3.05. The van der Waals surface area contributed by atoms with Crippen molar-refractivity contribution in [3.63, 3.8) is 0 Å². The van der Waals surface area contributed by atoms with E-state index < -0.39 is 0 Å². The monoisotopic (exact) mass is 260 g/mol. The fourth-order valence-electron chi connectivity index (χ4n) is 2.00. The molecule has 0 spiro atoms. The first-order valence-corrected chi connectivity index (χ1v) is 6.29. The number of benzene rings is 1. The summed E-state index contributed by atoms with van der Waals surface area (Å²) >= 11 is 0. The van der Waals surface area contributed by atoms with Crippen LogP contribution < -0.4 is 10.6 Å². The molecular formula is C14H16N2O3. The smallest absolute Gasteiger partial charge is 0.227 e. The molecule has 5 nitrogen and oxygen atoms in total. The molecule has 1 aromatic carbocycles. The minimum Gasteiger partial charge on any atom is -0.354 e. The van der Waals surface area contributed by atoms with Crippen LogP contribution in [0.3, 0.4) is 0 Å². The molecule has 1 heterocycles. The lowest BCUT2D eigenvalue weighted by atomic mass is 10.1. The van der Waals surface area contributed by atoms with E-state index in [1.807, 2.05) is 6.07 Å². The summed E-state index contributed by atoms with van der Waals surface area (Å²) in [6.45, 7) is 0.382. The van der Waals surface area contributed by atoms with E-state index in [-0.39, 0.29) is 30.1 Å². The second-order valence-corrected chi connectivity index (χ2v) is 4.57. The topological polar surface area (TPSA) is 75.3 Å². The van der Waals surface area contributed by atoms with Gasteiger partial charge in [0.05, 0.1) is 6.42 Å². The first kappa shape index (κ1) is 13.3. The van der Waals surface area contributed by atoms with E-state index in [1.165, 1.54) is 0 Å². The number of carbonyl (C=O) groups excluding carboxylic acids is 3. The fourth-order valence-corrected chi connectivity index (χ4v) is 2.00. The Morgan fingerprint density at radius 1 is 1.26 bits per heavy atom. The molecule has 2 rings (SSSR count). The van der Waals surface area contributed by atoms with Crippen molar-refractivity contribution in [2.75, 3.05) is 6.54 Å². The summed E-state index contributed by atoms with van der Waals surface area (Å²) in [5.41, 5.74) is 0.534. The van der Waals surface area contributed by atoms with Crippen molar-refractivity contribution in [3.8, 4) is 0 Å². The molecule has 5 heteroatoms. The number of hydrogen-bond acceptors (Lipinski definition) is 3. The molecule has 0 saturated carbocycles. The van der Waals surface area contributed by atoms with Gasteiger partial charge in [-0.05, 0) is 6.42 Å². The Morgan fingerprint density at radius 2 is 2.00 bits per heavy atom. The predicted molar refractivity (Wildman–Crippen MR) is 69.6 cm³/mol. The molecule has 1 aliphatic rings. The van der Waals surface area contributed by atoms with Crippen LogP contribution >= 0.6 is 0 Å². The maximum atomic E-state index is 11.8. The lowest BCUT2D eigenvalue weighted by Gasteiger charge is -2.10. The third-order valence-corrected chi connectivity index (χ3v) is 3.05. The van der Waals surface area contributed by atoms with Gasteiger partial charge in [-0.2, -0.15) is 0 Å². The van der Waals surface area contributed by atoms with Gasteiger partial charge >= 0.3 is 0 Å². The van der Waals surface area contributed by atoms with E-state index in [1.54, 1.807) is 24.3 Å². The molecule has 0 aromatic heterocycles. The molecule has 1 aromatic rings. The molecule has 1 unspecified atom stereocenters. The predicted octanol–water partition coefficient (Wildman–Crippen LogP) is 0.654. The van der Waals surface area contributed by atoms with Gasteiger partial charge in [0.25, 0.3) is 0 Å². The summed E-state index contributed by atoms with van der Waals surface area (Å²) in [4.78, 5) is 34.4. The van der Waals surface area contributed by atoms with Crippen LogP contribution in [-0.4, -0.2) is 30.2 Å². The van der Waals surface area contributed by atoms with Crippen LogP contribution in [0.1, 0.15) is 29.6 Å². The van der Waals surface area contributed by atoms with Gasteiger partial charge < -0.3 is 10.6 Å². The number of hydrogen-bond donors (Lipinski definition) is 2. The molecule has 2 amide bonds. The quantitative estimate of drug-likeness (QED) is 0.603. The number of amides is 2. The Balaban J connectivity index is 1.75. The molecule has 0 radical (unpaired) electrons. The normalized spacial score (nSPS) is 17.9. The lowest BCUT2D eigenvalue weighted by Crippen LogP contribution is -2.38. The number of ketones is 1. The van der Waals surface area contributed by atoms with Crippen molar-refractivity contribution >= 4 is 17.6 Å². The molecule has 1 atom stereocenters. The van der Waals surface area contributed by atoms with Crippen molar-refractivity contribution in [1.29, 1.82) is 0 Å². The van der Waals surface area contributed by atoms with Crippen LogP contribution in [0.15, 0.2) is 30.3 Å². The first-order chi connectivity index (χ1) is 9.15. The Hall–Kier alpha value is -2.17. The highest BCUT2D eigenvalue weighted by molar-refractivity contribution is 6.07. The number of carbonyl (C=O) groups is 3. The standard InChI is InChI=1S/C14H16N2O3/c17-12(10-4-2-1-3-5-10)8-14(19)15-9-11-6-7-13(18)16-11/h1-5,11H,6-9H2,(H,15,19)(H,16,18). The van der Waals surface area contributed by atoms with Gasteiger partial charge in [0.15, 0.2) is 5.78 Å². The van der Waals surface area contributed by atoms with Gasteiger partial charge in [0.1, 0.15) is 0 Å². The molecule has 1 fully saturated rings. The van der Waals surface area contributed by atoms with Crippen LogP contribution in [0.25, 0.3) is 0 Å². The van der Waals surface area contributed by atoms with E-state index in [2.05, 4.69) is 10.6 Å². The zero-order valence-electron chi connectivity index (χ0n) is 10.5. The van der Waals surface area contributed by atoms with Crippen molar-refractivity contribution in [2.45, 2.75) is 25.3 Å². The van der Waals surface area contributed by atoms with Crippen LogP contribution in [0.2, 0.25) is 0 Å². The summed E-state index contributed by atoms with van der Waals surface area (Å²) in [7, 11) is 0. The molecule has 0 aliphatic carbocycles. The zero-order valence-corrected chi connectivity index (χ0v) is 10.5. The molecule has 2 N–H and O–H groups in total. The van der Waals surface area contributed by atoms with Gasteiger partial charge in [0, 0.05) is 24.6 Å². The van der Waals surface area contributed by atoms with E-state index in [4.69, 9.17) is 0 Å². The molecule has 1 aliphatic heterocycles. The van der Waals surface area contributed by atoms with Crippen LogP contribution in [0.5, 0.6) is 0 Å². The summed E-state index contributed by atoms with van der Waals surface area (Å²) < 4.78 is 0. The van der Waals surface area contributed by atoms with E-state index in [9.17, 15) is 14.4 Å². The Labute approximate surface area is 111 Å². The maximum Gasteiger partial charge on any atom is 0.227 e. The minimum absolute atomic E-state index is 0.0109. The maximum absolute atomic E-state index is 11.8. The number of Topliss-reactive ketones (excluding diaryl/α,β-unsaturated/α-hetero) is 1. The van der Waals surface area contributed by atoms with E-state index in [0.717, 1.165) is 6.42 Å². The number of nitrogens with one attached hydrogen (secondary N) is 2. The highest BCUT2D eigenvalue weighted by atomic mass is 16.2. The molecule has 0 bridgehead atoms. The van der Waals surface area contributed by atoms with E-state index >= 15 is 0 Å². The number of rotatable bonds is 5. The van der Waals surface area contributed by atoms with Gasteiger partial charge in [-0.25, -0.2) is 0 Å². The molecular weight excluding hydrogens is 244 g/mol. The highest BCUT2D eigenvalue weighted by Crippen LogP contribution is 2.06. The van der Waals surface area contributed by atoms with Crippen LogP contribution in [-0.2, 0) is 9.59 Å². The van der Waals surface area contributed by atoms with Crippen LogP contribution in [0.4, 0.5) is 0 Å². The largest absolute Gasteiger partial charge is 0.354 e. The highest BCUT2D eigenvalue weighted by Gasteiger charge is 2.21. The van der Waals surface area contributed by atoms with Crippen LogP contribution in [0, 0.1) is 0 Å². The average molecular weight is 260 g/mol. The molecule has 100 valence electrons. The third kappa shape index (κ3) is 3.91.